The average Bonchev–Trinajstić information content (AvgIpc) is 3.19. The Morgan fingerprint density at radius 1 is 1.39 bits per heavy atom. The minimum atomic E-state index is -4.86. The van der Waals surface area contributed by atoms with E-state index in [1.807, 2.05) is 4.90 Å². The topological polar surface area (TPSA) is 136 Å². The normalized spacial score (nSPS) is 24.6. The Morgan fingerprint density at radius 2 is 2.14 bits per heavy atom. The minimum Gasteiger partial charge on any atom is -0.389 e. The van der Waals surface area contributed by atoms with E-state index < -0.39 is 41.2 Å². The van der Waals surface area contributed by atoms with E-state index in [9.17, 15) is 27.9 Å². The number of aromatic nitrogens is 2. The standard InChI is InChI=1S/C22H32F3N7O4/c1-4-13(29-14-10-28-30-19(34)18(14)22(23,24)25)12-36-17-7-9-32(20(17)35)15-6-8-31(11-16(15)33)21(26-3)27-5-2/h5,10,13,15-17,33H,4,6-9,11-12H2,1-3H3,(H2,29,30,34)/b26-21+,27-5-/t13-,15+,16+,17+/m0/s1. The van der Waals surface area contributed by atoms with Gasteiger partial charge in [0.2, 0.25) is 5.96 Å². The second-order valence-electron chi connectivity index (χ2n) is 8.66. The molecule has 2 saturated heterocycles. The van der Waals surface area contributed by atoms with Crippen molar-refractivity contribution in [2.24, 2.45) is 9.98 Å². The highest BCUT2D eigenvalue weighted by molar-refractivity contribution is 5.87. The molecular weight excluding hydrogens is 483 g/mol. The number of carbonyl (C=O) groups is 1. The fourth-order valence-electron chi connectivity index (χ4n) is 4.52. The number of ether oxygens (including phenoxy) is 1. The lowest BCUT2D eigenvalue weighted by Gasteiger charge is -2.40. The molecule has 0 radical (unpaired) electrons. The van der Waals surface area contributed by atoms with Crippen LogP contribution in [0.3, 0.4) is 0 Å². The zero-order chi connectivity index (χ0) is 26.5. The largest absolute Gasteiger partial charge is 0.423 e. The Morgan fingerprint density at radius 3 is 2.75 bits per heavy atom. The van der Waals surface area contributed by atoms with Gasteiger partial charge < -0.3 is 25.0 Å². The number of carbonyl (C=O) groups excluding carboxylic acids is 1. The number of hydrogen-bond donors (Lipinski definition) is 3. The highest BCUT2D eigenvalue weighted by atomic mass is 19.4. The predicted octanol–water partition coefficient (Wildman–Crippen LogP) is 1.11. The van der Waals surface area contributed by atoms with Gasteiger partial charge in [0.1, 0.15) is 11.7 Å². The molecule has 3 heterocycles. The van der Waals surface area contributed by atoms with E-state index in [0.29, 0.717) is 38.3 Å². The number of nitrogens with zero attached hydrogens (tertiary/aromatic N) is 5. The zero-order valence-corrected chi connectivity index (χ0v) is 20.5. The van der Waals surface area contributed by atoms with Crippen molar-refractivity contribution in [3.05, 3.63) is 22.1 Å². The first-order valence-corrected chi connectivity index (χ1v) is 11.8. The summed E-state index contributed by atoms with van der Waals surface area (Å²) in [5, 5.41) is 18.7. The molecule has 0 aromatic carbocycles. The van der Waals surface area contributed by atoms with E-state index in [1.54, 1.807) is 37.1 Å². The number of aliphatic hydroxyl groups is 1. The van der Waals surface area contributed by atoms with Gasteiger partial charge in [-0.05, 0) is 19.8 Å². The highest BCUT2D eigenvalue weighted by Gasteiger charge is 2.42. The lowest BCUT2D eigenvalue weighted by Crippen LogP contribution is -2.56. The number of halogens is 3. The van der Waals surface area contributed by atoms with Gasteiger partial charge in [-0.2, -0.15) is 18.3 Å². The first-order chi connectivity index (χ1) is 17.1. The molecule has 0 aliphatic carbocycles. The number of aliphatic hydroxyl groups excluding tert-OH is 1. The van der Waals surface area contributed by atoms with Crippen LogP contribution in [0, 0.1) is 0 Å². The fraction of sp³-hybridized carbons (Fsp3) is 0.682. The van der Waals surface area contributed by atoms with Gasteiger partial charge in [-0.25, -0.2) is 10.1 Å². The van der Waals surface area contributed by atoms with E-state index in [-0.39, 0.29) is 25.1 Å². The first kappa shape index (κ1) is 27.6. The van der Waals surface area contributed by atoms with Crippen molar-refractivity contribution in [2.75, 3.05) is 38.6 Å². The van der Waals surface area contributed by atoms with Crippen molar-refractivity contribution < 1.29 is 27.8 Å². The number of H-pyrrole nitrogens is 1. The molecule has 14 heteroatoms. The minimum absolute atomic E-state index is 0.0445. The van der Waals surface area contributed by atoms with Crippen LogP contribution in [0.15, 0.2) is 21.0 Å². The van der Waals surface area contributed by atoms with Crippen LogP contribution in [0.4, 0.5) is 18.9 Å². The molecule has 0 spiro atoms. The number of nitrogens with one attached hydrogen (secondary N) is 2. The molecule has 2 aliphatic rings. The summed E-state index contributed by atoms with van der Waals surface area (Å²) in [5.74, 6) is 0.262. The Kier molecular flexibility index (Phi) is 9.06. The molecule has 3 rings (SSSR count). The van der Waals surface area contributed by atoms with Gasteiger partial charge in [0, 0.05) is 45.4 Å². The van der Waals surface area contributed by atoms with E-state index in [0.717, 1.165) is 6.20 Å². The van der Waals surface area contributed by atoms with Gasteiger partial charge in [-0.15, -0.1) is 0 Å². The number of aliphatic imine (C=N–C) groups is 2. The maximum absolute atomic E-state index is 13.3. The lowest BCUT2D eigenvalue weighted by molar-refractivity contribution is -0.142. The van der Waals surface area contributed by atoms with Crippen LogP contribution in [0.5, 0.6) is 0 Å². The number of rotatable bonds is 7. The van der Waals surface area contributed by atoms with E-state index in [1.165, 1.54) is 0 Å². The average molecular weight is 516 g/mol. The SMILES string of the molecule is C/C=N\C(=N/C)N1CC[C@@H](N2CC[C@@H](OC[C@H](CC)Nc3cn[nH]c(=O)c3C(F)(F)F)C2=O)[C@H](O)C1. The number of aromatic amines is 1. The summed E-state index contributed by atoms with van der Waals surface area (Å²) < 4.78 is 45.7. The zero-order valence-electron chi connectivity index (χ0n) is 20.5. The maximum atomic E-state index is 13.3. The molecule has 1 aromatic heterocycles. The Labute approximate surface area is 206 Å². The van der Waals surface area contributed by atoms with E-state index in [4.69, 9.17) is 4.74 Å². The number of piperidine rings is 1. The molecular formula is C22H32F3N7O4. The van der Waals surface area contributed by atoms with Crippen LogP contribution in [-0.4, -0.2) is 101 Å². The smallest absolute Gasteiger partial charge is 0.389 e. The van der Waals surface area contributed by atoms with Crippen LogP contribution >= 0.6 is 0 Å². The molecule has 1 amide bonds. The van der Waals surface area contributed by atoms with Crippen molar-refractivity contribution in [1.29, 1.82) is 0 Å². The number of guanidine groups is 1. The van der Waals surface area contributed by atoms with Gasteiger partial charge >= 0.3 is 6.18 Å². The monoisotopic (exact) mass is 515 g/mol. The molecule has 1 aromatic rings. The summed E-state index contributed by atoms with van der Waals surface area (Å²) >= 11 is 0. The van der Waals surface area contributed by atoms with Crippen molar-refractivity contribution in [3.63, 3.8) is 0 Å². The van der Waals surface area contributed by atoms with Crippen molar-refractivity contribution in [2.45, 2.75) is 63.6 Å². The maximum Gasteiger partial charge on any atom is 0.423 e. The molecule has 4 atom stereocenters. The van der Waals surface area contributed by atoms with Crippen molar-refractivity contribution >= 4 is 23.8 Å². The van der Waals surface area contributed by atoms with Crippen LogP contribution in [0.1, 0.15) is 38.7 Å². The van der Waals surface area contributed by atoms with Gasteiger partial charge in [-0.1, -0.05) is 6.92 Å². The Bertz CT molecular complexity index is 1030. The lowest BCUT2D eigenvalue weighted by atomic mass is 10.0. The quantitative estimate of drug-likeness (QED) is 0.366. The number of hydrogen-bond acceptors (Lipinski definition) is 7. The third-order valence-electron chi connectivity index (χ3n) is 6.36. The first-order valence-electron chi connectivity index (χ1n) is 11.8. The molecule has 200 valence electrons. The Balaban J connectivity index is 1.58. The molecule has 0 unspecified atom stereocenters. The summed E-state index contributed by atoms with van der Waals surface area (Å²) in [7, 11) is 1.63. The van der Waals surface area contributed by atoms with Gasteiger partial charge in [-0.3, -0.25) is 14.6 Å². The van der Waals surface area contributed by atoms with Gasteiger partial charge in [0.25, 0.3) is 11.5 Å². The summed E-state index contributed by atoms with van der Waals surface area (Å²) in [6, 6.07) is -0.959. The second-order valence-corrected chi connectivity index (χ2v) is 8.66. The number of likely N-dealkylation sites (tertiary alicyclic amines) is 2. The molecule has 0 saturated carbocycles. The predicted molar refractivity (Wildman–Crippen MR) is 127 cm³/mol. The Hall–Kier alpha value is -3.00. The summed E-state index contributed by atoms with van der Waals surface area (Å²) in [6.07, 6.45) is -2.55. The molecule has 11 nitrogen and oxygen atoms in total. The number of alkyl halides is 3. The molecule has 2 aliphatic heterocycles. The van der Waals surface area contributed by atoms with Crippen molar-refractivity contribution in [1.82, 2.24) is 20.0 Å². The second kappa shape index (κ2) is 11.8. The summed E-state index contributed by atoms with van der Waals surface area (Å²) in [4.78, 5) is 36.5. The number of anilines is 1. The summed E-state index contributed by atoms with van der Waals surface area (Å²) in [6.45, 7) is 4.76. The van der Waals surface area contributed by atoms with E-state index in [2.05, 4.69) is 20.4 Å². The third kappa shape index (κ3) is 6.22. The van der Waals surface area contributed by atoms with Crippen LogP contribution in [0.25, 0.3) is 0 Å². The molecule has 3 N–H and O–H groups in total. The van der Waals surface area contributed by atoms with E-state index >= 15 is 0 Å². The van der Waals surface area contributed by atoms with Crippen LogP contribution in [0.2, 0.25) is 0 Å². The fourth-order valence-corrected chi connectivity index (χ4v) is 4.52. The van der Waals surface area contributed by atoms with Crippen LogP contribution in [-0.2, 0) is 15.7 Å². The van der Waals surface area contributed by atoms with Crippen molar-refractivity contribution in [3.8, 4) is 0 Å². The van der Waals surface area contributed by atoms with Gasteiger partial charge in [0.05, 0.1) is 30.6 Å². The number of amides is 1. The van der Waals surface area contributed by atoms with Gasteiger partial charge in [0.15, 0.2) is 0 Å². The highest BCUT2D eigenvalue weighted by Crippen LogP contribution is 2.32. The van der Waals surface area contributed by atoms with Crippen LogP contribution < -0.4 is 10.9 Å². The molecule has 2 fully saturated rings. The summed E-state index contributed by atoms with van der Waals surface area (Å²) in [5.41, 5.74) is -3.15. The third-order valence-corrected chi connectivity index (χ3v) is 6.36. The molecule has 36 heavy (non-hydrogen) atoms. The molecule has 0 bridgehead atoms. The number of β-amino-alcohol motifs (C(OH)–C–C–N with tert-alkyl or cyclic N) is 1.